The molecule has 0 amide bonds. The van der Waals surface area contributed by atoms with Gasteiger partial charge in [-0.2, -0.15) is 9.40 Å². The Bertz CT molecular complexity index is 732. The second-order valence-corrected chi connectivity index (χ2v) is 6.59. The van der Waals surface area contributed by atoms with Crippen molar-refractivity contribution in [3.63, 3.8) is 0 Å². The standard InChI is InChI=1S/C11H12ClFN4O2S/c1-7-14-11(16-15-7)6-17(2)20(18,19)10-5-8(13)3-4-9(10)12/h3-5H,6H2,1-2H3,(H,14,15,16). The lowest BCUT2D eigenvalue weighted by molar-refractivity contribution is 0.456. The van der Waals surface area contributed by atoms with Crippen LogP contribution in [0.15, 0.2) is 23.1 Å². The first-order chi connectivity index (χ1) is 9.30. The van der Waals surface area contributed by atoms with Gasteiger partial charge in [-0.1, -0.05) is 11.6 Å². The Morgan fingerprint density at radius 1 is 1.45 bits per heavy atom. The maximum Gasteiger partial charge on any atom is 0.244 e. The van der Waals surface area contributed by atoms with Crippen molar-refractivity contribution in [2.75, 3.05) is 7.05 Å². The van der Waals surface area contributed by atoms with E-state index in [0.717, 1.165) is 16.4 Å². The van der Waals surface area contributed by atoms with Gasteiger partial charge in [0.2, 0.25) is 10.0 Å². The van der Waals surface area contributed by atoms with Crippen LogP contribution in [0.5, 0.6) is 0 Å². The molecule has 0 radical (unpaired) electrons. The lowest BCUT2D eigenvalue weighted by Crippen LogP contribution is -2.27. The molecule has 6 nitrogen and oxygen atoms in total. The van der Waals surface area contributed by atoms with E-state index in [0.29, 0.717) is 11.6 Å². The van der Waals surface area contributed by atoms with E-state index < -0.39 is 15.8 Å². The molecule has 108 valence electrons. The van der Waals surface area contributed by atoms with Crippen molar-refractivity contribution in [3.05, 3.63) is 40.7 Å². The molecule has 0 aliphatic carbocycles. The Morgan fingerprint density at radius 3 is 2.75 bits per heavy atom. The first kappa shape index (κ1) is 14.9. The van der Waals surface area contributed by atoms with Crippen molar-refractivity contribution in [1.82, 2.24) is 19.5 Å². The van der Waals surface area contributed by atoms with Crippen molar-refractivity contribution >= 4 is 21.6 Å². The molecular weight excluding hydrogens is 307 g/mol. The molecule has 0 aliphatic rings. The SMILES string of the molecule is Cc1nc(CN(C)S(=O)(=O)c2cc(F)ccc2Cl)n[nH]1. The van der Waals surface area contributed by atoms with Crippen molar-refractivity contribution in [3.8, 4) is 0 Å². The third-order valence-corrected chi connectivity index (χ3v) is 4.87. The highest BCUT2D eigenvalue weighted by Crippen LogP contribution is 2.25. The zero-order valence-corrected chi connectivity index (χ0v) is 12.3. The maximum atomic E-state index is 13.2. The van der Waals surface area contributed by atoms with Crippen LogP contribution < -0.4 is 0 Å². The van der Waals surface area contributed by atoms with Crippen LogP contribution >= 0.6 is 11.6 Å². The summed E-state index contributed by atoms with van der Waals surface area (Å²) in [5.74, 6) is 0.228. The number of nitrogens with zero attached hydrogens (tertiary/aromatic N) is 3. The number of rotatable bonds is 4. The maximum absolute atomic E-state index is 13.2. The predicted molar refractivity (Wildman–Crippen MR) is 71.2 cm³/mol. The number of nitrogens with one attached hydrogen (secondary N) is 1. The molecule has 20 heavy (non-hydrogen) atoms. The Hall–Kier alpha value is -1.51. The number of aromatic amines is 1. The molecule has 2 rings (SSSR count). The number of hydrogen-bond acceptors (Lipinski definition) is 4. The van der Waals surface area contributed by atoms with Gasteiger partial charge in [-0.3, -0.25) is 5.10 Å². The summed E-state index contributed by atoms with van der Waals surface area (Å²) >= 11 is 5.82. The van der Waals surface area contributed by atoms with Gasteiger partial charge in [0.1, 0.15) is 16.5 Å². The van der Waals surface area contributed by atoms with E-state index in [1.165, 1.54) is 13.1 Å². The quantitative estimate of drug-likeness (QED) is 0.931. The number of aromatic nitrogens is 3. The molecule has 0 saturated heterocycles. The summed E-state index contributed by atoms with van der Waals surface area (Å²) in [5.41, 5.74) is 0. The molecule has 2 aromatic rings. The molecule has 1 aromatic carbocycles. The largest absolute Gasteiger partial charge is 0.263 e. The van der Waals surface area contributed by atoms with Crippen molar-refractivity contribution in [2.24, 2.45) is 0 Å². The van der Waals surface area contributed by atoms with Crippen LogP contribution in [-0.2, 0) is 16.6 Å². The lowest BCUT2D eigenvalue weighted by atomic mass is 10.3. The highest BCUT2D eigenvalue weighted by atomic mass is 35.5. The third kappa shape index (κ3) is 2.97. The predicted octanol–water partition coefficient (Wildman–Crippen LogP) is 1.73. The first-order valence-corrected chi connectivity index (χ1v) is 7.42. The van der Waals surface area contributed by atoms with E-state index in [9.17, 15) is 12.8 Å². The van der Waals surface area contributed by atoms with Crippen LogP contribution in [0, 0.1) is 12.7 Å². The first-order valence-electron chi connectivity index (χ1n) is 5.60. The Labute approximate surface area is 120 Å². The van der Waals surface area contributed by atoms with E-state index in [-0.39, 0.29) is 16.5 Å². The smallest absolute Gasteiger partial charge is 0.244 e. The number of H-pyrrole nitrogens is 1. The van der Waals surface area contributed by atoms with Crippen molar-refractivity contribution < 1.29 is 12.8 Å². The zero-order valence-electron chi connectivity index (χ0n) is 10.8. The van der Waals surface area contributed by atoms with Gasteiger partial charge in [0.15, 0.2) is 5.82 Å². The van der Waals surface area contributed by atoms with E-state index in [1.54, 1.807) is 6.92 Å². The highest BCUT2D eigenvalue weighted by molar-refractivity contribution is 7.89. The molecule has 0 fully saturated rings. The monoisotopic (exact) mass is 318 g/mol. The molecule has 0 saturated carbocycles. The molecule has 1 aromatic heterocycles. The summed E-state index contributed by atoms with van der Waals surface area (Å²) in [4.78, 5) is 3.73. The van der Waals surface area contributed by atoms with E-state index in [4.69, 9.17) is 11.6 Å². The average Bonchev–Trinajstić information content (AvgIpc) is 2.77. The fraction of sp³-hybridized carbons (Fsp3) is 0.273. The van der Waals surface area contributed by atoms with Gasteiger partial charge in [-0.15, -0.1) is 0 Å². The van der Waals surface area contributed by atoms with Gasteiger partial charge in [-0.05, 0) is 25.1 Å². The number of halogens is 2. The van der Waals surface area contributed by atoms with Gasteiger partial charge in [0.25, 0.3) is 0 Å². The van der Waals surface area contributed by atoms with Gasteiger partial charge in [-0.25, -0.2) is 17.8 Å². The number of benzene rings is 1. The lowest BCUT2D eigenvalue weighted by Gasteiger charge is -2.16. The molecule has 0 spiro atoms. The molecule has 0 atom stereocenters. The number of hydrogen-bond donors (Lipinski definition) is 1. The second kappa shape index (κ2) is 5.47. The fourth-order valence-corrected chi connectivity index (χ4v) is 3.19. The Morgan fingerprint density at radius 2 is 2.15 bits per heavy atom. The van der Waals surface area contributed by atoms with E-state index in [2.05, 4.69) is 15.2 Å². The van der Waals surface area contributed by atoms with Crippen LogP contribution in [0.2, 0.25) is 5.02 Å². The molecule has 0 aliphatic heterocycles. The molecule has 1 heterocycles. The molecule has 0 bridgehead atoms. The highest BCUT2D eigenvalue weighted by Gasteiger charge is 2.25. The normalized spacial score (nSPS) is 12.1. The summed E-state index contributed by atoms with van der Waals surface area (Å²) in [7, 11) is -2.56. The fourth-order valence-electron chi connectivity index (χ4n) is 1.59. The minimum Gasteiger partial charge on any atom is -0.263 e. The summed E-state index contributed by atoms with van der Waals surface area (Å²) in [6.07, 6.45) is 0. The van der Waals surface area contributed by atoms with Gasteiger partial charge >= 0.3 is 0 Å². The van der Waals surface area contributed by atoms with Crippen LogP contribution in [-0.4, -0.2) is 35.0 Å². The van der Waals surface area contributed by atoms with Gasteiger partial charge in [0.05, 0.1) is 11.6 Å². The number of sulfonamides is 1. The number of aryl methyl sites for hydroxylation is 1. The summed E-state index contributed by atoms with van der Waals surface area (Å²) in [6, 6.07) is 3.19. The Kier molecular flexibility index (Phi) is 4.07. The van der Waals surface area contributed by atoms with Crippen LogP contribution in [0.3, 0.4) is 0 Å². The van der Waals surface area contributed by atoms with Crippen LogP contribution in [0.1, 0.15) is 11.6 Å². The zero-order chi connectivity index (χ0) is 14.9. The molecule has 9 heteroatoms. The second-order valence-electron chi connectivity index (χ2n) is 4.17. The minimum atomic E-state index is -3.91. The topological polar surface area (TPSA) is 79.0 Å². The van der Waals surface area contributed by atoms with E-state index in [1.807, 2.05) is 0 Å². The third-order valence-electron chi connectivity index (χ3n) is 2.59. The van der Waals surface area contributed by atoms with Crippen LogP contribution in [0.4, 0.5) is 4.39 Å². The van der Waals surface area contributed by atoms with Gasteiger partial charge in [0, 0.05) is 7.05 Å². The van der Waals surface area contributed by atoms with Gasteiger partial charge < -0.3 is 0 Å². The van der Waals surface area contributed by atoms with Crippen molar-refractivity contribution in [2.45, 2.75) is 18.4 Å². The summed E-state index contributed by atoms with van der Waals surface area (Å²) in [5, 5.41) is 6.43. The molecule has 0 unspecified atom stereocenters. The van der Waals surface area contributed by atoms with Crippen LogP contribution in [0.25, 0.3) is 0 Å². The minimum absolute atomic E-state index is 0.0376. The summed E-state index contributed by atoms with van der Waals surface area (Å²) < 4.78 is 38.9. The molecular formula is C11H12ClFN4O2S. The molecule has 1 N–H and O–H groups in total. The Balaban J connectivity index is 2.32. The summed E-state index contributed by atoms with van der Waals surface area (Å²) in [6.45, 7) is 1.66. The average molecular weight is 319 g/mol. The van der Waals surface area contributed by atoms with E-state index >= 15 is 0 Å². The van der Waals surface area contributed by atoms with Crippen molar-refractivity contribution in [1.29, 1.82) is 0 Å².